The highest BCUT2D eigenvalue weighted by atomic mass is 16.3. The van der Waals surface area contributed by atoms with Crippen LogP contribution in [-0.4, -0.2) is 82.2 Å². The lowest BCUT2D eigenvalue weighted by molar-refractivity contribution is -0.181. The van der Waals surface area contributed by atoms with E-state index in [0.29, 0.717) is 5.69 Å². The monoisotopic (exact) mass is 547 g/mol. The lowest BCUT2D eigenvalue weighted by atomic mass is 9.52. The number of anilines is 1. The molecular formula is C29H29N3O8. The van der Waals surface area contributed by atoms with Crippen molar-refractivity contribution in [1.29, 1.82) is 0 Å². The molecule has 0 aromatic heterocycles. The molecule has 40 heavy (non-hydrogen) atoms. The first-order valence-electron chi connectivity index (χ1n) is 12.9. The number of para-hydroxylation sites is 1. The Bertz CT molecular complexity index is 1470. The maximum atomic E-state index is 13.8. The summed E-state index contributed by atoms with van der Waals surface area (Å²) in [5.74, 6) is -11.7. The summed E-state index contributed by atoms with van der Waals surface area (Å²) in [4.78, 5) is 80.8. The summed E-state index contributed by atoms with van der Waals surface area (Å²) in [6.45, 7) is -0.0922. The molecule has 5 N–H and O–H groups in total. The van der Waals surface area contributed by atoms with E-state index in [0.717, 1.165) is 0 Å². The van der Waals surface area contributed by atoms with Crippen molar-refractivity contribution >= 4 is 40.5 Å². The standard InChI is InChI=1S/C29H29N3O8/c1-32(2)23-17-11-13-10-16-15(19(34)12-31-14-6-4-3-5-7-14)8-9-18(33)21(16)24(35)20(13)26(37)29(17,40)27(38)22(25(23)36)28(30)39/h3-9,13,17,20,22-23,31,33,40H,10-12H2,1-2H3,(H2,30,39)/t13-,17-,20?,22?,23-,29-/m0/s1. The second-order valence-electron chi connectivity index (χ2n) is 10.9. The Morgan fingerprint density at radius 3 is 2.35 bits per heavy atom. The molecule has 2 unspecified atom stereocenters. The third-order valence-electron chi connectivity index (χ3n) is 8.47. The van der Waals surface area contributed by atoms with Crippen LogP contribution in [0.1, 0.15) is 32.7 Å². The number of aromatic hydroxyl groups is 1. The molecule has 208 valence electrons. The highest BCUT2D eigenvalue weighted by Gasteiger charge is 2.69. The van der Waals surface area contributed by atoms with Crippen molar-refractivity contribution < 1.29 is 39.0 Å². The number of phenols is 1. The van der Waals surface area contributed by atoms with E-state index in [9.17, 15) is 39.0 Å². The third-order valence-corrected chi connectivity index (χ3v) is 8.47. The Morgan fingerprint density at radius 2 is 1.73 bits per heavy atom. The fourth-order valence-electron chi connectivity index (χ4n) is 6.70. The van der Waals surface area contributed by atoms with Crippen LogP contribution in [0.25, 0.3) is 0 Å². The van der Waals surface area contributed by atoms with Gasteiger partial charge in [-0.05, 0) is 62.7 Å². The molecular weight excluding hydrogens is 518 g/mol. The zero-order valence-electron chi connectivity index (χ0n) is 21.9. The van der Waals surface area contributed by atoms with Gasteiger partial charge in [-0.1, -0.05) is 18.2 Å². The Hall–Kier alpha value is -4.22. The number of nitrogens with two attached hydrogens (primary N) is 1. The zero-order chi connectivity index (χ0) is 29.1. The van der Waals surface area contributed by atoms with Crippen LogP contribution in [0, 0.1) is 23.7 Å². The van der Waals surface area contributed by atoms with Gasteiger partial charge in [0.2, 0.25) is 5.91 Å². The first kappa shape index (κ1) is 27.4. The van der Waals surface area contributed by atoms with Crippen molar-refractivity contribution in [3.8, 4) is 5.75 Å². The smallest absolute Gasteiger partial charge is 0.235 e. The predicted octanol–water partition coefficient (Wildman–Crippen LogP) is 0.162. The molecule has 11 heteroatoms. The molecule has 6 atom stereocenters. The summed E-state index contributed by atoms with van der Waals surface area (Å²) in [7, 11) is 3.03. The second-order valence-corrected chi connectivity index (χ2v) is 10.9. The molecule has 5 rings (SSSR count). The van der Waals surface area contributed by atoms with Crippen molar-refractivity contribution in [2.75, 3.05) is 26.0 Å². The highest BCUT2D eigenvalue weighted by Crippen LogP contribution is 2.51. The number of primary amides is 1. The van der Waals surface area contributed by atoms with E-state index in [-0.39, 0.29) is 41.9 Å². The summed E-state index contributed by atoms with van der Waals surface area (Å²) in [5, 5.41) is 25.3. The van der Waals surface area contributed by atoms with Gasteiger partial charge in [0.15, 0.2) is 40.4 Å². The van der Waals surface area contributed by atoms with Crippen molar-refractivity contribution in [1.82, 2.24) is 4.90 Å². The van der Waals surface area contributed by atoms with E-state index in [1.165, 1.54) is 31.1 Å². The first-order chi connectivity index (χ1) is 18.9. The SMILES string of the molecule is CN(C)[C@@H]1C(=O)C(C(N)=O)C(=O)[C@@]2(O)C(=O)C3C(=O)c4c(O)ccc(C(=O)CNc5ccccc5)c4C[C@H]3C[C@@H]12. The summed E-state index contributed by atoms with van der Waals surface area (Å²) in [6, 6.07) is 10.5. The molecule has 0 radical (unpaired) electrons. The number of carbonyl (C=O) groups is 6. The second kappa shape index (κ2) is 9.76. The Balaban J connectivity index is 1.55. The topological polar surface area (TPSA) is 184 Å². The van der Waals surface area contributed by atoms with Gasteiger partial charge in [0.25, 0.3) is 0 Å². The fourth-order valence-corrected chi connectivity index (χ4v) is 6.70. The number of aliphatic hydroxyl groups is 1. The van der Waals surface area contributed by atoms with Crippen LogP contribution in [0.4, 0.5) is 5.69 Å². The Morgan fingerprint density at radius 1 is 1.05 bits per heavy atom. The molecule has 0 bridgehead atoms. The minimum atomic E-state index is -2.79. The molecule has 2 aromatic carbocycles. The number of carbonyl (C=O) groups excluding carboxylic acids is 6. The molecule has 11 nitrogen and oxygen atoms in total. The lowest BCUT2D eigenvalue weighted by Gasteiger charge is -2.52. The number of amides is 1. The van der Waals surface area contributed by atoms with Crippen LogP contribution in [0.3, 0.4) is 0 Å². The van der Waals surface area contributed by atoms with Crippen LogP contribution in [0.15, 0.2) is 42.5 Å². The van der Waals surface area contributed by atoms with Crippen LogP contribution in [0.5, 0.6) is 5.75 Å². The molecule has 0 saturated heterocycles. The molecule has 2 fully saturated rings. The van der Waals surface area contributed by atoms with Crippen molar-refractivity contribution in [2.45, 2.75) is 24.5 Å². The molecule has 0 aliphatic heterocycles. The highest BCUT2D eigenvalue weighted by molar-refractivity contribution is 6.32. The van der Waals surface area contributed by atoms with E-state index >= 15 is 0 Å². The summed E-state index contributed by atoms with van der Waals surface area (Å²) in [5.41, 5.74) is 3.51. The molecule has 2 saturated carbocycles. The van der Waals surface area contributed by atoms with Crippen molar-refractivity contribution in [2.24, 2.45) is 29.4 Å². The number of nitrogens with zero attached hydrogens (tertiary/aromatic N) is 1. The third kappa shape index (κ3) is 3.96. The van der Waals surface area contributed by atoms with Crippen molar-refractivity contribution in [3.63, 3.8) is 0 Å². The van der Waals surface area contributed by atoms with Gasteiger partial charge in [-0.3, -0.25) is 33.7 Å². The lowest BCUT2D eigenvalue weighted by Crippen LogP contribution is -2.74. The predicted molar refractivity (Wildman–Crippen MR) is 141 cm³/mol. The van der Waals surface area contributed by atoms with Gasteiger partial charge in [-0.25, -0.2) is 0 Å². The molecule has 1 amide bonds. The van der Waals surface area contributed by atoms with E-state index in [4.69, 9.17) is 5.73 Å². The number of hydrogen-bond donors (Lipinski definition) is 4. The van der Waals surface area contributed by atoms with Gasteiger partial charge in [-0.15, -0.1) is 0 Å². The number of fused-ring (bicyclic) bond motifs is 3. The van der Waals surface area contributed by atoms with E-state index in [1.54, 1.807) is 12.1 Å². The van der Waals surface area contributed by atoms with E-state index in [1.807, 2.05) is 18.2 Å². The van der Waals surface area contributed by atoms with Crippen LogP contribution >= 0.6 is 0 Å². The Labute approximate surface area is 229 Å². The summed E-state index contributed by atoms with van der Waals surface area (Å²) < 4.78 is 0. The van der Waals surface area contributed by atoms with Crippen molar-refractivity contribution in [3.05, 3.63) is 59.2 Å². The molecule has 3 aliphatic carbocycles. The zero-order valence-corrected chi connectivity index (χ0v) is 21.9. The van der Waals surface area contributed by atoms with Gasteiger partial charge in [0.1, 0.15) is 5.75 Å². The normalized spacial score (nSPS) is 29.4. The molecule has 2 aromatic rings. The van der Waals surface area contributed by atoms with Gasteiger partial charge < -0.3 is 21.3 Å². The number of rotatable bonds is 6. The van der Waals surface area contributed by atoms with Gasteiger partial charge in [0.05, 0.1) is 24.1 Å². The first-order valence-corrected chi connectivity index (χ1v) is 12.9. The largest absolute Gasteiger partial charge is 0.507 e. The molecule has 0 heterocycles. The maximum absolute atomic E-state index is 13.8. The van der Waals surface area contributed by atoms with Gasteiger partial charge in [-0.2, -0.15) is 0 Å². The summed E-state index contributed by atoms with van der Waals surface area (Å²) in [6.07, 6.45) is -0.0674. The quantitative estimate of drug-likeness (QED) is 0.287. The number of ketones is 5. The average Bonchev–Trinajstić information content (AvgIpc) is 2.89. The van der Waals surface area contributed by atoms with Crippen LogP contribution < -0.4 is 11.1 Å². The number of hydrogen-bond acceptors (Lipinski definition) is 10. The summed E-state index contributed by atoms with van der Waals surface area (Å²) >= 11 is 0. The van der Waals surface area contributed by atoms with E-state index < -0.39 is 70.1 Å². The van der Waals surface area contributed by atoms with Gasteiger partial charge >= 0.3 is 0 Å². The number of likely N-dealkylation sites (N-methyl/N-ethyl adjacent to an activating group) is 1. The minimum absolute atomic E-state index is 0.0205. The number of Topliss-reactive ketones (excluding diaryl/α,β-unsaturated/α-hetero) is 5. The number of nitrogens with one attached hydrogen (secondary N) is 1. The van der Waals surface area contributed by atoms with E-state index in [2.05, 4.69) is 5.32 Å². The maximum Gasteiger partial charge on any atom is 0.235 e. The molecule has 0 spiro atoms. The van der Waals surface area contributed by atoms with Crippen LogP contribution in [0.2, 0.25) is 0 Å². The number of phenolic OH excluding ortho intramolecular Hbond substituents is 1. The minimum Gasteiger partial charge on any atom is -0.507 e. The molecule has 3 aliphatic rings. The van der Waals surface area contributed by atoms with Crippen LogP contribution in [-0.2, 0) is 25.6 Å². The number of benzene rings is 2. The average molecular weight is 548 g/mol. The van der Waals surface area contributed by atoms with Gasteiger partial charge in [0, 0.05) is 17.2 Å². The Kier molecular flexibility index (Phi) is 6.67. The fraction of sp³-hybridized carbons (Fsp3) is 0.379.